The first-order valence-electron chi connectivity index (χ1n) is 8.83. The number of amides is 2. The number of nitrogens with zero attached hydrogens (tertiary/aromatic N) is 3. The van der Waals surface area contributed by atoms with E-state index in [1.54, 1.807) is 31.2 Å². The van der Waals surface area contributed by atoms with E-state index in [9.17, 15) is 9.59 Å². The number of benzene rings is 2. The molecule has 0 aliphatic rings. The summed E-state index contributed by atoms with van der Waals surface area (Å²) in [7, 11) is 0. The summed E-state index contributed by atoms with van der Waals surface area (Å²) in [6.45, 7) is 3.73. The van der Waals surface area contributed by atoms with E-state index in [0.717, 1.165) is 11.1 Å². The largest absolute Gasteiger partial charge is 0.350 e. The van der Waals surface area contributed by atoms with Gasteiger partial charge in [-0.15, -0.1) is 5.10 Å². The van der Waals surface area contributed by atoms with E-state index in [-0.39, 0.29) is 18.1 Å². The molecule has 0 radical (unpaired) electrons. The molecule has 3 rings (SSSR count). The van der Waals surface area contributed by atoms with Crippen LogP contribution in [0.5, 0.6) is 0 Å². The zero-order valence-corrected chi connectivity index (χ0v) is 17.4. The minimum Gasteiger partial charge on any atom is -0.350 e. The summed E-state index contributed by atoms with van der Waals surface area (Å²) in [6, 6.07) is 12.5. The summed E-state index contributed by atoms with van der Waals surface area (Å²) in [6.07, 6.45) is 0. The molecular formula is C20H19Cl2N5O2. The number of rotatable bonds is 6. The van der Waals surface area contributed by atoms with Crippen molar-refractivity contribution in [2.45, 2.75) is 26.9 Å². The molecule has 2 N–H and O–H groups in total. The average molecular weight is 432 g/mol. The molecule has 3 aromatic rings. The maximum absolute atomic E-state index is 12.6. The van der Waals surface area contributed by atoms with Gasteiger partial charge in [-0.3, -0.25) is 9.59 Å². The molecule has 7 nitrogen and oxygen atoms in total. The monoisotopic (exact) mass is 431 g/mol. The SMILES string of the molecule is Cc1c(Cl)cccc1NC(=O)c1nnn(CC(=O)NCc2ccccc2Cl)c1C. The van der Waals surface area contributed by atoms with Crippen molar-refractivity contribution in [3.05, 3.63) is 75.0 Å². The van der Waals surface area contributed by atoms with Crippen LogP contribution in [0.25, 0.3) is 0 Å². The van der Waals surface area contributed by atoms with Gasteiger partial charge in [-0.2, -0.15) is 0 Å². The van der Waals surface area contributed by atoms with E-state index in [0.29, 0.717) is 28.0 Å². The summed E-state index contributed by atoms with van der Waals surface area (Å²) < 4.78 is 1.38. The van der Waals surface area contributed by atoms with Crippen molar-refractivity contribution >= 4 is 40.7 Å². The molecule has 2 amide bonds. The minimum atomic E-state index is -0.421. The van der Waals surface area contributed by atoms with Crippen LogP contribution in [0.2, 0.25) is 10.0 Å². The second-order valence-corrected chi connectivity index (χ2v) is 7.23. The van der Waals surface area contributed by atoms with Crippen LogP contribution in [0.1, 0.15) is 27.3 Å². The molecule has 0 fully saturated rings. The van der Waals surface area contributed by atoms with Crippen molar-refractivity contribution in [1.82, 2.24) is 20.3 Å². The Hall–Kier alpha value is -2.90. The maximum Gasteiger partial charge on any atom is 0.278 e. The molecule has 0 aliphatic carbocycles. The van der Waals surface area contributed by atoms with Crippen LogP contribution in [0.4, 0.5) is 5.69 Å². The van der Waals surface area contributed by atoms with Crippen molar-refractivity contribution < 1.29 is 9.59 Å². The summed E-state index contributed by atoms with van der Waals surface area (Å²) in [4.78, 5) is 24.8. The van der Waals surface area contributed by atoms with Gasteiger partial charge in [0.05, 0.1) is 5.69 Å². The second kappa shape index (κ2) is 9.07. The number of carbonyl (C=O) groups excluding carboxylic acids is 2. The van der Waals surface area contributed by atoms with Gasteiger partial charge in [0.25, 0.3) is 5.91 Å². The van der Waals surface area contributed by atoms with Crippen molar-refractivity contribution in [2.24, 2.45) is 0 Å². The lowest BCUT2D eigenvalue weighted by Gasteiger charge is -2.09. The lowest BCUT2D eigenvalue weighted by molar-refractivity contribution is -0.122. The number of carbonyl (C=O) groups is 2. The fourth-order valence-corrected chi connectivity index (χ4v) is 3.05. The van der Waals surface area contributed by atoms with Crippen molar-refractivity contribution in [1.29, 1.82) is 0 Å². The molecule has 2 aromatic carbocycles. The zero-order chi connectivity index (χ0) is 21.0. The number of anilines is 1. The summed E-state index contributed by atoms with van der Waals surface area (Å²) >= 11 is 12.2. The van der Waals surface area contributed by atoms with Crippen LogP contribution < -0.4 is 10.6 Å². The van der Waals surface area contributed by atoms with Gasteiger partial charge in [0.1, 0.15) is 6.54 Å². The fourth-order valence-electron chi connectivity index (χ4n) is 2.67. The highest BCUT2D eigenvalue weighted by Crippen LogP contribution is 2.23. The third-order valence-corrected chi connectivity index (χ3v) is 5.22. The molecule has 0 atom stereocenters. The van der Waals surface area contributed by atoms with Crippen LogP contribution in [0.15, 0.2) is 42.5 Å². The molecule has 0 bridgehead atoms. The van der Waals surface area contributed by atoms with E-state index in [1.165, 1.54) is 4.68 Å². The number of halogens is 2. The first-order valence-corrected chi connectivity index (χ1v) is 9.59. The Kier molecular flexibility index (Phi) is 6.51. The molecule has 0 spiro atoms. The zero-order valence-electron chi connectivity index (χ0n) is 15.9. The number of hydrogen-bond acceptors (Lipinski definition) is 4. The Morgan fingerprint density at radius 3 is 2.52 bits per heavy atom. The molecule has 9 heteroatoms. The van der Waals surface area contributed by atoms with E-state index in [4.69, 9.17) is 23.2 Å². The van der Waals surface area contributed by atoms with Crippen LogP contribution in [-0.2, 0) is 17.9 Å². The highest BCUT2D eigenvalue weighted by Gasteiger charge is 2.19. The normalized spacial score (nSPS) is 10.6. The van der Waals surface area contributed by atoms with Crippen LogP contribution in [0, 0.1) is 13.8 Å². The Balaban J connectivity index is 1.64. The smallest absolute Gasteiger partial charge is 0.278 e. The van der Waals surface area contributed by atoms with Gasteiger partial charge in [0.2, 0.25) is 5.91 Å². The van der Waals surface area contributed by atoms with Gasteiger partial charge in [-0.1, -0.05) is 52.7 Å². The molecule has 0 saturated heterocycles. The predicted octanol–water partition coefficient (Wildman–Crippen LogP) is 3.77. The summed E-state index contributed by atoms with van der Waals surface area (Å²) in [5.41, 5.74) is 2.79. The third-order valence-electron chi connectivity index (χ3n) is 4.44. The van der Waals surface area contributed by atoms with Gasteiger partial charge in [0.15, 0.2) is 5.69 Å². The molecule has 1 aromatic heterocycles. The topological polar surface area (TPSA) is 88.9 Å². The summed E-state index contributed by atoms with van der Waals surface area (Å²) in [5, 5.41) is 14.5. The van der Waals surface area contributed by atoms with Gasteiger partial charge in [-0.25, -0.2) is 4.68 Å². The van der Waals surface area contributed by atoms with Gasteiger partial charge in [0, 0.05) is 22.3 Å². The first kappa shape index (κ1) is 20.8. The fraction of sp³-hybridized carbons (Fsp3) is 0.200. The number of hydrogen-bond donors (Lipinski definition) is 2. The lowest BCUT2D eigenvalue weighted by Crippen LogP contribution is -2.28. The summed E-state index contributed by atoms with van der Waals surface area (Å²) in [5.74, 6) is -0.689. The quantitative estimate of drug-likeness (QED) is 0.621. The van der Waals surface area contributed by atoms with E-state index in [1.807, 2.05) is 25.1 Å². The second-order valence-electron chi connectivity index (χ2n) is 6.42. The Morgan fingerprint density at radius 1 is 1.03 bits per heavy atom. The molecular weight excluding hydrogens is 413 g/mol. The third kappa shape index (κ3) is 4.93. The van der Waals surface area contributed by atoms with Crippen LogP contribution >= 0.6 is 23.2 Å². The molecule has 29 heavy (non-hydrogen) atoms. The van der Waals surface area contributed by atoms with Crippen molar-refractivity contribution in [2.75, 3.05) is 5.32 Å². The molecule has 0 saturated carbocycles. The highest BCUT2D eigenvalue weighted by atomic mass is 35.5. The number of nitrogens with one attached hydrogen (secondary N) is 2. The van der Waals surface area contributed by atoms with Gasteiger partial charge >= 0.3 is 0 Å². The number of aromatic nitrogens is 3. The lowest BCUT2D eigenvalue weighted by atomic mass is 10.2. The standard InChI is InChI=1S/C20H19Cl2N5O2/c1-12-15(21)8-5-9-17(12)24-20(29)19-13(2)27(26-25-19)11-18(28)23-10-14-6-3-4-7-16(14)22/h3-9H,10-11H2,1-2H3,(H,23,28)(H,24,29). The Labute approximate surface area is 178 Å². The van der Waals surface area contributed by atoms with E-state index < -0.39 is 5.91 Å². The highest BCUT2D eigenvalue weighted by molar-refractivity contribution is 6.32. The average Bonchev–Trinajstić information content (AvgIpc) is 3.05. The van der Waals surface area contributed by atoms with Crippen LogP contribution in [0.3, 0.4) is 0 Å². The van der Waals surface area contributed by atoms with Crippen molar-refractivity contribution in [3.8, 4) is 0 Å². The minimum absolute atomic E-state index is 0.0627. The van der Waals surface area contributed by atoms with Crippen molar-refractivity contribution in [3.63, 3.8) is 0 Å². The Morgan fingerprint density at radius 2 is 1.76 bits per heavy atom. The molecule has 0 unspecified atom stereocenters. The molecule has 0 aliphatic heterocycles. The predicted molar refractivity (Wildman–Crippen MR) is 112 cm³/mol. The van der Waals surface area contributed by atoms with Crippen LogP contribution in [-0.4, -0.2) is 26.8 Å². The van der Waals surface area contributed by atoms with E-state index in [2.05, 4.69) is 20.9 Å². The molecule has 1 heterocycles. The Bertz CT molecular complexity index is 1060. The maximum atomic E-state index is 12.6. The molecule has 150 valence electrons. The van der Waals surface area contributed by atoms with Gasteiger partial charge in [-0.05, 0) is 43.2 Å². The van der Waals surface area contributed by atoms with Gasteiger partial charge < -0.3 is 10.6 Å². The first-order chi connectivity index (χ1) is 13.9. The van der Waals surface area contributed by atoms with E-state index >= 15 is 0 Å².